The minimum absolute atomic E-state index is 0.406. The van der Waals surface area contributed by atoms with E-state index in [1.807, 2.05) is 12.1 Å². The molecule has 2 N–H and O–H groups in total. The number of fused-ring (bicyclic) bond motifs is 1. The van der Waals surface area contributed by atoms with E-state index in [2.05, 4.69) is 18.3 Å². The fourth-order valence-corrected chi connectivity index (χ4v) is 3.87. The van der Waals surface area contributed by atoms with Crippen molar-refractivity contribution in [3.8, 4) is 5.75 Å². The summed E-state index contributed by atoms with van der Waals surface area (Å²) in [7, 11) is 0. The smallest absolute Gasteiger partial charge is 0.115 e. The summed E-state index contributed by atoms with van der Waals surface area (Å²) < 4.78 is 0. The lowest BCUT2D eigenvalue weighted by Crippen LogP contribution is -2.36. The van der Waals surface area contributed by atoms with Crippen molar-refractivity contribution in [1.82, 2.24) is 5.32 Å². The molecule has 0 radical (unpaired) electrons. The number of aromatic hydroxyl groups is 1. The maximum absolute atomic E-state index is 9.55. The molecule has 2 aliphatic rings. The fourth-order valence-electron chi connectivity index (χ4n) is 3.87. The van der Waals surface area contributed by atoms with Gasteiger partial charge in [-0.05, 0) is 54.9 Å². The lowest BCUT2D eigenvalue weighted by Gasteiger charge is -2.31. The van der Waals surface area contributed by atoms with Crippen LogP contribution in [0.15, 0.2) is 18.2 Å². The highest BCUT2D eigenvalue weighted by Gasteiger charge is 2.27. The molecule has 19 heavy (non-hydrogen) atoms. The van der Waals surface area contributed by atoms with Gasteiger partial charge in [-0.15, -0.1) is 0 Å². The molecule has 2 aliphatic carbocycles. The Hall–Kier alpha value is -1.02. The fraction of sp³-hybridized carbons (Fsp3) is 0.647. The maximum atomic E-state index is 9.55. The molecule has 0 heterocycles. The van der Waals surface area contributed by atoms with Crippen LogP contribution < -0.4 is 5.32 Å². The van der Waals surface area contributed by atoms with Crippen LogP contribution in [0.1, 0.15) is 62.6 Å². The summed E-state index contributed by atoms with van der Waals surface area (Å²) in [6, 6.07) is 7.08. The number of hydrogen-bond acceptors (Lipinski definition) is 2. The van der Waals surface area contributed by atoms with Crippen molar-refractivity contribution in [3.05, 3.63) is 29.3 Å². The summed E-state index contributed by atoms with van der Waals surface area (Å²) in [6.07, 6.45) is 9.10. The molecule has 3 rings (SSSR count). The van der Waals surface area contributed by atoms with E-state index in [1.165, 1.54) is 49.7 Å². The van der Waals surface area contributed by atoms with Crippen molar-refractivity contribution in [1.29, 1.82) is 0 Å². The number of hydrogen-bond donors (Lipinski definition) is 2. The Balaban J connectivity index is 1.66. The summed E-state index contributed by atoms with van der Waals surface area (Å²) in [6.45, 7) is 2.32. The molecule has 2 heteroatoms. The number of aryl methyl sites for hydroxylation is 1. The molecular weight excluding hydrogens is 234 g/mol. The summed E-state index contributed by atoms with van der Waals surface area (Å²) in [4.78, 5) is 0. The molecule has 1 fully saturated rings. The summed E-state index contributed by atoms with van der Waals surface area (Å²) >= 11 is 0. The SMILES string of the molecule is CCC1CCCC(NC2CCc3cc(O)ccc32)C1. The van der Waals surface area contributed by atoms with Crippen LogP contribution in [0.25, 0.3) is 0 Å². The van der Waals surface area contributed by atoms with Crippen molar-refractivity contribution in [2.45, 2.75) is 64.0 Å². The van der Waals surface area contributed by atoms with Crippen LogP contribution >= 0.6 is 0 Å². The van der Waals surface area contributed by atoms with Crippen molar-refractivity contribution >= 4 is 0 Å². The molecule has 104 valence electrons. The average molecular weight is 259 g/mol. The van der Waals surface area contributed by atoms with Crippen LogP contribution in [0.5, 0.6) is 5.75 Å². The van der Waals surface area contributed by atoms with Gasteiger partial charge in [-0.25, -0.2) is 0 Å². The third-order valence-corrected chi connectivity index (χ3v) is 5.00. The summed E-state index contributed by atoms with van der Waals surface area (Å²) in [5.74, 6) is 1.33. The van der Waals surface area contributed by atoms with E-state index in [4.69, 9.17) is 0 Å². The van der Waals surface area contributed by atoms with Gasteiger partial charge in [0.05, 0.1) is 0 Å². The Kier molecular flexibility index (Phi) is 3.79. The molecule has 1 aromatic rings. The summed E-state index contributed by atoms with van der Waals surface area (Å²) in [5, 5.41) is 13.4. The zero-order chi connectivity index (χ0) is 13.2. The molecule has 1 aromatic carbocycles. The predicted octanol–water partition coefficient (Wildman–Crippen LogP) is 3.94. The first-order chi connectivity index (χ1) is 9.26. The van der Waals surface area contributed by atoms with Crippen LogP contribution in [0.3, 0.4) is 0 Å². The quantitative estimate of drug-likeness (QED) is 0.861. The van der Waals surface area contributed by atoms with E-state index in [0.717, 1.165) is 12.3 Å². The zero-order valence-electron chi connectivity index (χ0n) is 11.9. The van der Waals surface area contributed by atoms with Gasteiger partial charge in [-0.3, -0.25) is 0 Å². The lowest BCUT2D eigenvalue weighted by atomic mass is 9.84. The Morgan fingerprint density at radius 1 is 1.26 bits per heavy atom. The number of phenolic OH excluding ortho intramolecular Hbond substituents is 1. The zero-order valence-corrected chi connectivity index (χ0v) is 11.9. The van der Waals surface area contributed by atoms with E-state index in [9.17, 15) is 5.11 Å². The van der Waals surface area contributed by atoms with Crippen molar-refractivity contribution in [3.63, 3.8) is 0 Å². The second kappa shape index (κ2) is 5.54. The van der Waals surface area contributed by atoms with Crippen molar-refractivity contribution < 1.29 is 5.11 Å². The van der Waals surface area contributed by atoms with Crippen LogP contribution in [0.2, 0.25) is 0 Å². The van der Waals surface area contributed by atoms with Gasteiger partial charge in [0.2, 0.25) is 0 Å². The van der Waals surface area contributed by atoms with Crippen LogP contribution in [0, 0.1) is 5.92 Å². The van der Waals surface area contributed by atoms with Gasteiger partial charge < -0.3 is 10.4 Å². The first kappa shape index (κ1) is 13.0. The second-order valence-corrected chi connectivity index (χ2v) is 6.28. The Morgan fingerprint density at radius 3 is 3.00 bits per heavy atom. The highest BCUT2D eigenvalue weighted by Crippen LogP contribution is 2.35. The molecular formula is C17H25NO. The van der Waals surface area contributed by atoms with Gasteiger partial charge in [-0.2, -0.15) is 0 Å². The number of rotatable bonds is 3. The maximum Gasteiger partial charge on any atom is 0.115 e. The number of benzene rings is 1. The number of phenols is 1. The molecule has 3 atom stereocenters. The number of nitrogens with one attached hydrogen (secondary N) is 1. The molecule has 0 aliphatic heterocycles. The van der Waals surface area contributed by atoms with E-state index >= 15 is 0 Å². The van der Waals surface area contributed by atoms with E-state index in [1.54, 1.807) is 0 Å². The van der Waals surface area contributed by atoms with Crippen molar-refractivity contribution in [2.24, 2.45) is 5.92 Å². The van der Waals surface area contributed by atoms with E-state index in [-0.39, 0.29) is 0 Å². The van der Waals surface area contributed by atoms with Crippen LogP contribution in [-0.4, -0.2) is 11.1 Å². The molecule has 0 amide bonds. The van der Waals surface area contributed by atoms with Gasteiger partial charge in [0.15, 0.2) is 0 Å². The first-order valence-electron chi connectivity index (χ1n) is 7.84. The molecule has 0 bridgehead atoms. The van der Waals surface area contributed by atoms with E-state index < -0.39 is 0 Å². The molecule has 3 unspecified atom stereocenters. The monoisotopic (exact) mass is 259 g/mol. The van der Waals surface area contributed by atoms with Gasteiger partial charge in [0.25, 0.3) is 0 Å². The Bertz CT molecular complexity index is 443. The van der Waals surface area contributed by atoms with Crippen molar-refractivity contribution in [2.75, 3.05) is 0 Å². The third kappa shape index (κ3) is 2.79. The normalized spacial score (nSPS) is 30.3. The summed E-state index contributed by atoms with van der Waals surface area (Å²) in [5.41, 5.74) is 2.75. The Morgan fingerprint density at radius 2 is 2.16 bits per heavy atom. The first-order valence-corrected chi connectivity index (χ1v) is 7.84. The lowest BCUT2D eigenvalue weighted by molar-refractivity contribution is 0.261. The molecule has 2 nitrogen and oxygen atoms in total. The molecule has 0 aromatic heterocycles. The largest absolute Gasteiger partial charge is 0.508 e. The molecule has 0 saturated heterocycles. The molecule has 0 spiro atoms. The van der Waals surface area contributed by atoms with Crippen LogP contribution in [-0.2, 0) is 6.42 Å². The van der Waals surface area contributed by atoms with Gasteiger partial charge in [-0.1, -0.05) is 32.3 Å². The highest BCUT2D eigenvalue weighted by atomic mass is 16.3. The van der Waals surface area contributed by atoms with Crippen LogP contribution in [0.4, 0.5) is 0 Å². The highest BCUT2D eigenvalue weighted by molar-refractivity contribution is 5.40. The van der Waals surface area contributed by atoms with Gasteiger partial charge in [0, 0.05) is 12.1 Å². The topological polar surface area (TPSA) is 32.3 Å². The average Bonchev–Trinajstić information content (AvgIpc) is 2.81. The minimum Gasteiger partial charge on any atom is -0.508 e. The van der Waals surface area contributed by atoms with Gasteiger partial charge >= 0.3 is 0 Å². The third-order valence-electron chi connectivity index (χ3n) is 5.00. The Labute approximate surface area is 116 Å². The minimum atomic E-state index is 0.406. The van der Waals surface area contributed by atoms with E-state index in [0.29, 0.717) is 17.8 Å². The second-order valence-electron chi connectivity index (χ2n) is 6.28. The van der Waals surface area contributed by atoms with Gasteiger partial charge in [0.1, 0.15) is 5.75 Å². The standard InChI is InChI=1S/C17H25NO/c1-2-12-4-3-5-14(10-12)18-17-9-6-13-11-15(19)7-8-16(13)17/h7-8,11-12,14,17-19H,2-6,9-10H2,1H3. The molecule has 1 saturated carbocycles. The predicted molar refractivity (Wildman–Crippen MR) is 78.3 cm³/mol.